The van der Waals surface area contributed by atoms with Gasteiger partial charge in [0.2, 0.25) is 0 Å². The third-order valence-electron chi connectivity index (χ3n) is 4.85. The molecule has 3 rings (SSSR count). The lowest BCUT2D eigenvalue weighted by Gasteiger charge is -2.42. The van der Waals surface area contributed by atoms with Gasteiger partial charge in [0.1, 0.15) is 6.04 Å². The van der Waals surface area contributed by atoms with E-state index in [1.54, 1.807) is 0 Å². The molecular weight excluding hydrogens is 182 g/mol. The van der Waals surface area contributed by atoms with E-state index in [2.05, 4.69) is 6.92 Å². The highest BCUT2D eigenvalue weighted by atomic mass is 15.2. The summed E-state index contributed by atoms with van der Waals surface area (Å²) in [5, 5.41) is 0. The molecule has 0 spiro atoms. The Balaban J connectivity index is 1.83. The Hall–Kier alpha value is -0.300. The molecule has 15 heavy (non-hydrogen) atoms. The van der Waals surface area contributed by atoms with Gasteiger partial charge in [-0.3, -0.25) is 0 Å². The van der Waals surface area contributed by atoms with Crippen molar-refractivity contribution >= 4 is 0 Å². The summed E-state index contributed by atoms with van der Waals surface area (Å²) in [6, 6.07) is 0.949. The largest absolute Gasteiger partial charge is 0.329 e. The molecule has 2 aliphatic heterocycles. The van der Waals surface area contributed by atoms with E-state index in [0.29, 0.717) is 0 Å². The normalized spacial score (nSPS) is 41.0. The van der Waals surface area contributed by atoms with Crippen LogP contribution in [-0.4, -0.2) is 19.1 Å². The van der Waals surface area contributed by atoms with E-state index in [-0.39, 0.29) is 0 Å². The first-order chi connectivity index (χ1) is 7.34. The zero-order valence-electron chi connectivity index (χ0n) is 10.0. The lowest BCUT2D eigenvalue weighted by Crippen LogP contribution is -3.18. The number of nitrogens with one attached hydrogen (secondary N) is 1. The van der Waals surface area contributed by atoms with Crippen molar-refractivity contribution in [2.45, 2.75) is 57.9 Å². The second-order valence-electron chi connectivity index (χ2n) is 5.93. The van der Waals surface area contributed by atoms with Gasteiger partial charge in [-0.2, -0.15) is 0 Å². The Bertz CT molecular complexity index is 279. The highest BCUT2D eigenvalue weighted by Gasteiger charge is 2.37. The molecule has 0 saturated carbocycles. The summed E-state index contributed by atoms with van der Waals surface area (Å²) in [6.07, 6.45) is 10.2. The molecule has 0 radical (unpaired) electrons. The SMILES string of the molecule is C[C@@H]1CC[C@H]2C3=C(CCCC3)CC[NH+]2C1. The van der Waals surface area contributed by atoms with E-state index in [9.17, 15) is 0 Å². The fourth-order valence-corrected chi connectivity index (χ4v) is 4.05. The molecule has 3 atom stereocenters. The summed E-state index contributed by atoms with van der Waals surface area (Å²) in [4.78, 5) is 1.93. The molecule has 1 aliphatic carbocycles. The Morgan fingerprint density at radius 1 is 1.07 bits per heavy atom. The number of fused-ring (bicyclic) bond motifs is 2. The molecule has 1 fully saturated rings. The van der Waals surface area contributed by atoms with Crippen molar-refractivity contribution in [3.05, 3.63) is 11.1 Å². The van der Waals surface area contributed by atoms with E-state index < -0.39 is 0 Å². The number of piperidine rings is 1. The highest BCUT2D eigenvalue weighted by molar-refractivity contribution is 5.22. The lowest BCUT2D eigenvalue weighted by atomic mass is 9.78. The van der Waals surface area contributed by atoms with Crippen molar-refractivity contribution in [1.29, 1.82) is 0 Å². The second kappa shape index (κ2) is 3.93. The van der Waals surface area contributed by atoms with Gasteiger partial charge in [-0.1, -0.05) is 12.5 Å². The van der Waals surface area contributed by atoms with Gasteiger partial charge >= 0.3 is 0 Å². The third-order valence-corrected chi connectivity index (χ3v) is 4.85. The van der Waals surface area contributed by atoms with Gasteiger partial charge in [-0.05, 0) is 37.7 Å². The summed E-state index contributed by atoms with van der Waals surface area (Å²) < 4.78 is 0. The Morgan fingerprint density at radius 2 is 1.93 bits per heavy atom. The van der Waals surface area contributed by atoms with Crippen molar-refractivity contribution < 1.29 is 4.90 Å². The molecule has 1 N–H and O–H groups in total. The van der Waals surface area contributed by atoms with E-state index in [1.165, 1.54) is 58.0 Å². The van der Waals surface area contributed by atoms with E-state index in [0.717, 1.165) is 12.0 Å². The number of hydrogen-bond donors (Lipinski definition) is 1. The first-order valence-corrected chi connectivity index (χ1v) is 6.90. The average molecular weight is 206 g/mol. The summed E-state index contributed by atoms with van der Waals surface area (Å²) in [5.74, 6) is 0.974. The summed E-state index contributed by atoms with van der Waals surface area (Å²) in [7, 11) is 0. The molecule has 1 saturated heterocycles. The fraction of sp³-hybridized carbons (Fsp3) is 0.857. The summed E-state index contributed by atoms with van der Waals surface area (Å²) >= 11 is 0. The summed E-state index contributed by atoms with van der Waals surface area (Å²) in [6.45, 7) is 5.32. The van der Waals surface area contributed by atoms with Gasteiger partial charge in [-0.15, -0.1) is 0 Å². The molecule has 0 amide bonds. The number of hydrogen-bond acceptors (Lipinski definition) is 0. The molecule has 0 aromatic carbocycles. The molecule has 0 aromatic rings. The molecule has 1 heteroatoms. The maximum absolute atomic E-state index is 2.44. The first-order valence-electron chi connectivity index (χ1n) is 6.90. The topological polar surface area (TPSA) is 4.44 Å². The Kier molecular flexibility index (Phi) is 2.59. The van der Waals surface area contributed by atoms with Crippen LogP contribution in [0, 0.1) is 5.92 Å². The third kappa shape index (κ3) is 1.75. The van der Waals surface area contributed by atoms with E-state index in [4.69, 9.17) is 0 Å². The van der Waals surface area contributed by atoms with Gasteiger partial charge in [-0.25, -0.2) is 0 Å². The zero-order valence-corrected chi connectivity index (χ0v) is 10.0. The van der Waals surface area contributed by atoms with Crippen LogP contribution in [0.1, 0.15) is 51.9 Å². The molecule has 84 valence electrons. The Morgan fingerprint density at radius 3 is 2.87 bits per heavy atom. The maximum atomic E-state index is 2.44. The molecule has 2 heterocycles. The molecular formula is C14H24N+. The molecule has 1 unspecified atom stereocenters. The monoisotopic (exact) mass is 206 g/mol. The van der Waals surface area contributed by atoms with E-state index in [1.807, 2.05) is 16.0 Å². The predicted molar refractivity (Wildman–Crippen MR) is 63.0 cm³/mol. The average Bonchev–Trinajstić information content (AvgIpc) is 2.28. The molecule has 0 aromatic heterocycles. The number of rotatable bonds is 0. The van der Waals surface area contributed by atoms with Gasteiger partial charge in [0.25, 0.3) is 0 Å². The maximum Gasteiger partial charge on any atom is 0.109 e. The number of quaternary nitrogens is 1. The minimum absolute atomic E-state index is 0.949. The highest BCUT2D eigenvalue weighted by Crippen LogP contribution is 2.32. The minimum atomic E-state index is 0.949. The van der Waals surface area contributed by atoms with Crippen molar-refractivity contribution in [2.24, 2.45) is 5.92 Å². The van der Waals surface area contributed by atoms with Crippen LogP contribution in [0.25, 0.3) is 0 Å². The van der Waals surface area contributed by atoms with Gasteiger partial charge in [0, 0.05) is 18.8 Å². The second-order valence-corrected chi connectivity index (χ2v) is 5.93. The van der Waals surface area contributed by atoms with E-state index >= 15 is 0 Å². The smallest absolute Gasteiger partial charge is 0.109 e. The van der Waals surface area contributed by atoms with Crippen LogP contribution in [0.5, 0.6) is 0 Å². The first kappa shape index (κ1) is 9.89. The van der Waals surface area contributed by atoms with Gasteiger partial charge in [0.05, 0.1) is 13.1 Å². The fourth-order valence-electron chi connectivity index (χ4n) is 4.05. The van der Waals surface area contributed by atoms with Crippen LogP contribution >= 0.6 is 0 Å². The van der Waals surface area contributed by atoms with Crippen LogP contribution in [-0.2, 0) is 0 Å². The zero-order chi connectivity index (χ0) is 10.3. The Labute approximate surface area is 93.5 Å². The van der Waals surface area contributed by atoms with Crippen LogP contribution < -0.4 is 4.90 Å². The summed E-state index contributed by atoms with van der Waals surface area (Å²) in [5.41, 5.74) is 3.79. The van der Waals surface area contributed by atoms with Crippen LogP contribution in [0.4, 0.5) is 0 Å². The van der Waals surface area contributed by atoms with Gasteiger partial charge in [0.15, 0.2) is 0 Å². The van der Waals surface area contributed by atoms with Crippen molar-refractivity contribution in [3.63, 3.8) is 0 Å². The lowest BCUT2D eigenvalue weighted by molar-refractivity contribution is -0.930. The molecule has 3 aliphatic rings. The predicted octanol–water partition coefficient (Wildman–Crippen LogP) is 1.94. The standard InChI is InChI=1S/C14H23N/c1-11-6-7-14-13-5-3-2-4-12(13)8-9-15(14)10-11/h11,14H,2-10H2,1H3/p+1/t11-,14+/m1/s1. The van der Waals surface area contributed by atoms with Crippen molar-refractivity contribution in [1.82, 2.24) is 0 Å². The molecule has 1 nitrogen and oxygen atoms in total. The van der Waals surface area contributed by atoms with Gasteiger partial charge < -0.3 is 4.90 Å². The minimum Gasteiger partial charge on any atom is -0.329 e. The van der Waals surface area contributed by atoms with Crippen LogP contribution in [0.2, 0.25) is 0 Å². The quantitative estimate of drug-likeness (QED) is 0.578. The van der Waals surface area contributed by atoms with Crippen molar-refractivity contribution in [2.75, 3.05) is 13.1 Å². The molecule has 0 bridgehead atoms. The van der Waals surface area contributed by atoms with Crippen LogP contribution in [0.15, 0.2) is 11.1 Å². The van der Waals surface area contributed by atoms with Crippen molar-refractivity contribution in [3.8, 4) is 0 Å². The van der Waals surface area contributed by atoms with Crippen LogP contribution in [0.3, 0.4) is 0 Å².